The van der Waals surface area contributed by atoms with Crippen molar-refractivity contribution < 1.29 is 26.4 Å². The summed E-state index contributed by atoms with van der Waals surface area (Å²) in [6, 6.07) is 5.59. The summed E-state index contributed by atoms with van der Waals surface area (Å²) in [6.07, 6.45) is 1.85. The summed E-state index contributed by atoms with van der Waals surface area (Å²) in [4.78, 5) is 0. The van der Waals surface area contributed by atoms with Gasteiger partial charge in [-0.1, -0.05) is 0 Å². The van der Waals surface area contributed by atoms with E-state index >= 15 is 0 Å². The van der Waals surface area contributed by atoms with Gasteiger partial charge in [-0.05, 0) is 13.0 Å². The van der Waals surface area contributed by atoms with Crippen LogP contribution in [0.15, 0.2) is 33.3 Å². The number of aryl methyl sites for hydroxylation is 2. The molecule has 0 fully saturated rings. The van der Waals surface area contributed by atoms with Crippen molar-refractivity contribution in [2.45, 2.75) is 32.1 Å². The average molecular weight is 309 g/mol. The second-order valence-corrected chi connectivity index (χ2v) is 6.93. The molecular formula is C14H15NO5S. The molecule has 1 unspecified atom stereocenters. The number of hydrogen-bond donors (Lipinski definition) is 0. The molecule has 7 heteroatoms. The summed E-state index contributed by atoms with van der Waals surface area (Å²) in [6.45, 7) is 3.64. The van der Waals surface area contributed by atoms with Crippen molar-refractivity contribution in [2.24, 2.45) is 0 Å². The maximum absolute atomic E-state index is 11.0. The second-order valence-electron chi connectivity index (χ2n) is 5.14. The number of nitrogens with zero attached hydrogens (tertiary/aromatic N) is 1. The van der Waals surface area contributed by atoms with Gasteiger partial charge in [-0.15, -0.1) is 0 Å². The molecule has 1 aromatic carbocycles. The first-order chi connectivity index (χ1) is 9.86. The van der Waals surface area contributed by atoms with Crippen molar-refractivity contribution in [3.8, 4) is 0 Å². The van der Waals surface area contributed by atoms with Crippen molar-refractivity contribution in [1.29, 1.82) is 0 Å². The lowest BCUT2D eigenvalue weighted by Crippen LogP contribution is -2.37. The van der Waals surface area contributed by atoms with Crippen LogP contribution in [0.25, 0.3) is 22.1 Å². The molecule has 0 saturated carbocycles. The SMILES string of the molecule is Cc1oc2cc3occc3cc2[n+]1CCC(C)S(=O)(=O)[O-]. The molecule has 3 rings (SSSR count). The molecule has 0 spiro atoms. The van der Waals surface area contributed by atoms with Crippen LogP contribution >= 0.6 is 0 Å². The molecular weight excluding hydrogens is 294 g/mol. The molecule has 0 aliphatic rings. The van der Waals surface area contributed by atoms with Gasteiger partial charge in [0.2, 0.25) is 5.58 Å². The highest BCUT2D eigenvalue weighted by Gasteiger charge is 2.22. The predicted molar refractivity (Wildman–Crippen MR) is 74.7 cm³/mol. The molecule has 21 heavy (non-hydrogen) atoms. The third kappa shape index (κ3) is 2.54. The Morgan fingerprint density at radius 2 is 2.10 bits per heavy atom. The average Bonchev–Trinajstić information content (AvgIpc) is 2.95. The first-order valence-corrected chi connectivity index (χ1v) is 8.08. The van der Waals surface area contributed by atoms with Crippen LogP contribution in [0.3, 0.4) is 0 Å². The van der Waals surface area contributed by atoms with Crippen LogP contribution in [0.5, 0.6) is 0 Å². The standard InChI is InChI=1S/C14H15NO5S/c1-9(21(16,17)18)3-5-15-10(2)20-14-8-13-11(4-6-19-13)7-12(14)15/h4,6-9H,3,5H2,1-2H3. The fourth-order valence-corrected chi connectivity index (χ4v) is 2.78. The van der Waals surface area contributed by atoms with Crippen LogP contribution in [-0.4, -0.2) is 18.2 Å². The molecule has 2 aromatic heterocycles. The zero-order chi connectivity index (χ0) is 15.2. The highest BCUT2D eigenvalue weighted by molar-refractivity contribution is 7.86. The van der Waals surface area contributed by atoms with Crippen molar-refractivity contribution in [3.63, 3.8) is 0 Å². The van der Waals surface area contributed by atoms with Crippen LogP contribution in [0.4, 0.5) is 0 Å². The Bertz CT molecular complexity index is 906. The quantitative estimate of drug-likeness (QED) is 0.544. The normalized spacial score (nSPS) is 14.0. The van der Waals surface area contributed by atoms with Gasteiger partial charge >= 0.3 is 5.89 Å². The monoisotopic (exact) mass is 309 g/mol. The number of rotatable bonds is 4. The van der Waals surface area contributed by atoms with Gasteiger partial charge in [0.15, 0.2) is 6.54 Å². The van der Waals surface area contributed by atoms with E-state index in [4.69, 9.17) is 8.83 Å². The largest absolute Gasteiger partial charge is 0.748 e. The van der Waals surface area contributed by atoms with Gasteiger partial charge in [0.1, 0.15) is 5.58 Å². The molecule has 2 heterocycles. The van der Waals surface area contributed by atoms with Gasteiger partial charge < -0.3 is 13.4 Å². The van der Waals surface area contributed by atoms with E-state index in [-0.39, 0.29) is 6.42 Å². The smallest absolute Gasteiger partial charge is 0.344 e. The third-order valence-corrected chi connectivity index (χ3v) is 4.94. The lowest BCUT2D eigenvalue weighted by Gasteiger charge is -2.13. The van der Waals surface area contributed by atoms with Crippen LogP contribution in [0, 0.1) is 6.92 Å². The Hall–Kier alpha value is -1.86. The van der Waals surface area contributed by atoms with Gasteiger partial charge in [0.05, 0.1) is 28.6 Å². The number of hydrogen-bond acceptors (Lipinski definition) is 5. The van der Waals surface area contributed by atoms with E-state index in [9.17, 15) is 13.0 Å². The molecule has 0 amide bonds. The minimum Gasteiger partial charge on any atom is -0.748 e. The molecule has 0 aliphatic heterocycles. The summed E-state index contributed by atoms with van der Waals surface area (Å²) < 4.78 is 45.8. The molecule has 0 radical (unpaired) electrons. The maximum Gasteiger partial charge on any atom is 0.344 e. The highest BCUT2D eigenvalue weighted by atomic mass is 32.2. The molecule has 0 bridgehead atoms. The van der Waals surface area contributed by atoms with E-state index in [0.29, 0.717) is 18.0 Å². The van der Waals surface area contributed by atoms with Crippen molar-refractivity contribution in [3.05, 3.63) is 30.4 Å². The maximum atomic E-state index is 11.0. The summed E-state index contributed by atoms with van der Waals surface area (Å²) in [7, 11) is -4.26. The Morgan fingerprint density at radius 3 is 2.81 bits per heavy atom. The van der Waals surface area contributed by atoms with Crippen molar-refractivity contribution in [1.82, 2.24) is 0 Å². The number of oxazole rings is 1. The van der Waals surface area contributed by atoms with Crippen molar-refractivity contribution in [2.75, 3.05) is 0 Å². The van der Waals surface area contributed by atoms with Crippen LogP contribution in [0.2, 0.25) is 0 Å². The Labute approximate surface area is 121 Å². The highest BCUT2D eigenvalue weighted by Crippen LogP contribution is 2.23. The number of benzene rings is 1. The van der Waals surface area contributed by atoms with E-state index in [2.05, 4.69) is 0 Å². The minimum absolute atomic E-state index is 0.245. The van der Waals surface area contributed by atoms with Gasteiger partial charge in [-0.2, -0.15) is 4.57 Å². The van der Waals surface area contributed by atoms with E-state index in [1.54, 1.807) is 13.2 Å². The van der Waals surface area contributed by atoms with E-state index in [0.717, 1.165) is 16.5 Å². The van der Waals surface area contributed by atoms with Crippen LogP contribution in [-0.2, 0) is 16.7 Å². The lowest BCUT2D eigenvalue weighted by atomic mass is 10.2. The van der Waals surface area contributed by atoms with E-state index < -0.39 is 15.4 Å². The molecule has 112 valence electrons. The zero-order valence-electron chi connectivity index (χ0n) is 11.7. The summed E-state index contributed by atoms with van der Waals surface area (Å²) in [5, 5.41) is 0.0218. The molecule has 6 nitrogen and oxygen atoms in total. The van der Waals surface area contributed by atoms with Gasteiger partial charge in [0.25, 0.3) is 5.52 Å². The first-order valence-electron chi connectivity index (χ1n) is 6.61. The molecule has 1 atom stereocenters. The van der Waals surface area contributed by atoms with E-state index in [1.807, 2.05) is 22.8 Å². The third-order valence-electron chi connectivity index (χ3n) is 3.71. The summed E-state index contributed by atoms with van der Waals surface area (Å²) in [5.41, 5.74) is 2.27. The molecule has 0 saturated heterocycles. The summed E-state index contributed by atoms with van der Waals surface area (Å²) in [5.74, 6) is 0.660. The second kappa shape index (κ2) is 4.85. The number of aromatic nitrogens is 1. The molecule has 0 aliphatic carbocycles. The Balaban J connectivity index is 1.99. The number of furan rings is 1. The van der Waals surface area contributed by atoms with Gasteiger partial charge in [-0.3, -0.25) is 0 Å². The van der Waals surface area contributed by atoms with Crippen LogP contribution < -0.4 is 4.57 Å². The van der Waals surface area contributed by atoms with Gasteiger partial charge in [-0.25, -0.2) is 8.42 Å². The fourth-order valence-electron chi connectivity index (χ4n) is 2.39. The summed E-state index contributed by atoms with van der Waals surface area (Å²) >= 11 is 0. The van der Waals surface area contributed by atoms with E-state index in [1.165, 1.54) is 6.92 Å². The predicted octanol–water partition coefficient (Wildman–Crippen LogP) is 2.10. The van der Waals surface area contributed by atoms with Crippen LogP contribution in [0.1, 0.15) is 19.2 Å². The van der Waals surface area contributed by atoms with Crippen molar-refractivity contribution >= 4 is 32.2 Å². The topological polar surface area (TPSA) is 87.4 Å². The number of fused-ring (bicyclic) bond motifs is 2. The molecule has 3 aromatic rings. The Morgan fingerprint density at radius 1 is 1.33 bits per heavy atom. The molecule has 0 N–H and O–H groups in total. The Kier molecular flexibility index (Phi) is 3.26. The fraction of sp³-hybridized carbons (Fsp3) is 0.357. The minimum atomic E-state index is -4.26. The lowest BCUT2D eigenvalue weighted by molar-refractivity contribution is -0.682. The van der Waals surface area contributed by atoms with Gasteiger partial charge in [0, 0.05) is 23.9 Å². The zero-order valence-corrected chi connectivity index (χ0v) is 12.5. The first kappa shape index (κ1) is 14.1.